The molecule has 0 aliphatic carbocycles. The lowest BCUT2D eigenvalue weighted by molar-refractivity contribution is -0.143. The Morgan fingerprint density at radius 3 is 1.98 bits per heavy atom. The van der Waals surface area contributed by atoms with Gasteiger partial charge >= 0.3 is 12.2 Å². The summed E-state index contributed by atoms with van der Waals surface area (Å²) < 4.78 is 10.7. The molecule has 1 heterocycles. The van der Waals surface area contributed by atoms with Gasteiger partial charge in [-0.3, -0.25) is 9.59 Å². The average molecular weight is 610 g/mol. The number of benzene rings is 2. The molecule has 240 valence electrons. The number of amides is 4. The number of nitrogens with one attached hydrogen (secondary N) is 4. The topological polar surface area (TPSA) is 138 Å². The minimum atomic E-state index is -0.861. The van der Waals surface area contributed by atoms with Gasteiger partial charge in [0.05, 0.1) is 0 Å². The maximum atomic E-state index is 13.8. The van der Waals surface area contributed by atoms with Gasteiger partial charge in [0.15, 0.2) is 0 Å². The van der Waals surface area contributed by atoms with Crippen LogP contribution in [0.25, 0.3) is 0 Å². The molecular formula is C33H47N5O6. The summed E-state index contributed by atoms with van der Waals surface area (Å²) >= 11 is 0. The molecule has 0 bridgehead atoms. The predicted octanol–water partition coefficient (Wildman–Crippen LogP) is 3.65. The molecule has 1 aliphatic heterocycles. The molecule has 11 heteroatoms. The molecule has 2 aromatic carbocycles. The Hall–Kier alpha value is -4.12. The van der Waals surface area contributed by atoms with Crippen LogP contribution in [0, 0.1) is 0 Å². The van der Waals surface area contributed by atoms with Crippen LogP contribution in [0.4, 0.5) is 9.59 Å². The van der Waals surface area contributed by atoms with Crippen molar-refractivity contribution in [2.75, 3.05) is 19.6 Å². The molecule has 0 spiro atoms. The molecule has 1 saturated heterocycles. The number of hydrogen-bond acceptors (Lipinski definition) is 7. The highest BCUT2D eigenvalue weighted by atomic mass is 16.6. The Kier molecular flexibility index (Phi) is 12.2. The molecule has 44 heavy (non-hydrogen) atoms. The third-order valence-corrected chi connectivity index (χ3v) is 6.71. The first kappa shape index (κ1) is 34.4. The first-order valence-corrected chi connectivity index (χ1v) is 15.1. The van der Waals surface area contributed by atoms with Gasteiger partial charge in [-0.2, -0.15) is 0 Å². The third-order valence-electron chi connectivity index (χ3n) is 6.71. The van der Waals surface area contributed by atoms with Gasteiger partial charge in [-0.15, -0.1) is 0 Å². The molecule has 3 rings (SSSR count). The smallest absolute Gasteiger partial charge is 0.408 e. The van der Waals surface area contributed by atoms with E-state index in [1.165, 1.54) is 0 Å². The molecule has 1 fully saturated rings. The van der Waals surface area contributed by atoms with Gasteiger partial charge in [0.2, 0.25) is 11.8 Å². The lowest BCUT2D eigenvalue weighted by atomic mass is 10.0. The molecule has 0 saturated carbocycles. The van der Waals surface area contributed by atoms with E-state index in [9.17, 15) is 19.2 Å². The number of rotatable bonds is 10. The number of carbonyl (C=O) groups is 4. The molecule has 0 aromatic heterocycles. The molecular weight excluding hydrogens is 562 g/mol. The summed E-state index contributed by atoms with van der Waals surface area (Å²) in [6.07, 6.45) is -0.239. The van der Waals surface area contributed by atoms with Crippen molar-refractivity contribution in [2.45, 2.75) is 90.8 Å². The number of alkyl carbamates (subject to hydrolysis) is 2. The zero-order chi connectivity index (χ0) is 32.3. The van der Waals surface area contributed by atoms with Gasteiger partial charge in [-0.05, 0) is 71.1 Å². The summed E-state index contributed by atoms with van der Waals surface area (Å²) in [5.74, 6) is -0.615. The number of hydrogen-bond donors (Lipinski definition) is 4. The van der Waals surface area contributed by atoms with Gasteiger partial charge in [0.25, 0.3) is 0 Å². The van der Waals surface area contributed by atoms with Crippen LogP contribution in [0.3, 0.4) is 0 Å². The second kappa shape index (κ2) is 15.6. The third kappa shape index (κ3) is 11.9. The van der Waals surface area contributed by atoms with E-state index >= 15 is 0 Å². The predicted molar refractivity (Wildman–Crippen MR) is 168 cm³/mol. The molecule has 0 radical (unpaired) electrons. The number of ether oxygens (including phenoxy) is 2. The molecule has 4 amide bonds. The summed E-state index contributed by atoms with van der Waals surface area (Å²) in [5, 5.41) is 11.6. The van der Waals surface area contributed by atoms with Crippen LogP contribution in [0.15, 0.2) is 54.6 Å². The number of carbonyl (C=O) groups excluding carboxylic acids is 4. The zero-order valence-corrected chi connectivity index (χ0v) is 26.7. The number of aryl methyl sites for hydroxylation is 1. The summed E-state index contributed by atoms with van der Waals surface area (Å²) in [7, 11) is 0. The normalized spacial score (nSPS) is 16.0. The van der Waals surface area contributed by atoms with Gasteiger partial charge in [-0.25, -0.2) is 9.59 Å². The highest BCUT2D eigenvalue weighted by Crippen LogP contribution is 2.14. The minimum Gasteiger partial charge on any atom is -0.444 e. The second-order valence-electron chi connectivity index (χ2n) is 12.9. The Morgan fingerprint density at radius 2 is 1.39 bits per heavy atom. The van der Waals surface area contributed by atoms with Crippen molar-refractivity contribution in [1.29, 1.82) is 0 Å². The largest absolute Gasteiger partial charge is 0.444 e. The lowest BCUT2D eigenvalue weighted by Gasteiger charge is -2.37. The van der Waals surface area contributed by atoms with Crippen LogP contribution < -0.4 is 21.3 Å². The second-order valence-corrected chi connectivity index (χ2v) is 12.9. The summed E-state index contributed by atoms with van der Waals surface area (Å²) in [4.78, 5) is 53.3. The van der Waals surface area contributed by atoms with Crippen LogP contribution in [0.1, 0.15) is 64.7 Å². The van der Waals surface area contributed by atoms with Crippen molar-refractivity contribution in [2.24, 2.45) is 0 Å². The fraction of sp³-hybridized carbons (Fsp3) is 0.515. The molecule has 1 aliphatic rings. The molecule has 4 N–H and O–H groups in total. The van der Waals surface area contributed by atoms with E-state index < -0.39 is 35.5 Å². The van der Waals surface area contributed by atoms with Crippen LogP contribution in [0.5, 0.6) is 0 Å². The van der Waals surface area contributed by atoms with Crippen LogP contribution in [-0.2, 0) is 38.6 Å². The highest BCUT2D eigenvalue weighted by Gasteiger charge is 2.36. The van der Waals surface area contributed by atoms with Crippen LogP contribution in [-0.4, -0.2) is 71.8 Å². The van der Waals surface area contributed by atoms with Crippen molar-refractivity contribution < 1.29 is 28.7 Å². The van der Waals surface area contributed by atoms with Gasteiger partial charge in [0.1, 0.15) is 23.3 Å². The summed E-state index contributed by atoms with van der Waals surface area (Å²) in [5.41, 5.74) is 1.50. The fourth-order valence-electron chi connectivity index (χ4n) is 4.64. The highest BCUT2D eigenvalue weighted by molar-refractivity contribution is 5.91. The van der Waals surface area contributed by atoms with Crippen molar-refractivity contribution in [3.63, 3.8) is 0 Å². The van der Waals surface area contributed by atoms with Crippen LogP contribution in [0.2, 0.25) is 0 Å². The lowest BCUT2D eigenvalue weighted by Crippen LogP contribution is -2.63. The zero-order valence-electron chi connectivity index (χ0n) is 26.7. The van der Waals surface area contributed by atoms with Crippen LogP contribution >= 0.6 is 0 Å². The van der Waals surface area contributed by atoms with Gasteiger partial charge < -0.3 is 35.6 Å². The standard InChI is InChI=1S/C33H47N5O6/c1-32(2,3)43-30(41)36-21-25-14-12-24(13-15-25)20-35-28(39)27-22-34-18-19-38(27)29(40)26(37-31(42)44-33(4,5)6)17-16-23-10-8-7-9-11-23/h7-15,26-27,34H,16-22H2,1-6H3,(H,35,39)(H,36,41)(H,37,42)/t26?,27-/m0/s1. The van der Waals surface area contributed by atoms with E-state index in [2.05, 4.69) is 21.3 Å². The van der Waals surface area contributed by atoms with Crippen molar-refractivity contribution in [3.05, 3.63) is 71.3 Å². The molecule has 11 nitrogen and oxygen atoms in total. The van der Waals surface area contributed by atoms with E-state index in [1.54, 1.807) is 46.4 Å². The first-order chi connectivity index (χ1) is 20.7. The van der Waals surface area contributed by atoms with E-state index in [0.29, 0.717) is 39.0 Å². The summed E-state index contributed by atoms with van der Waals surface area (Å²) in [6, 6.07) is 15.6. The molecule has 2 aromatic rings. The maximum absolute atomic E-state index is 13.8. The number of nitrogens with zero attached hydrogens (tertiary/aromatic N) is 1. The fourth-order valence-corrected chi connectivity index (χ4v) is 4.64. The molecule has 1 unspecified atom stereocenters. The SMILES string of the molecule is CC(C)(C)OC(=O)NCc1ccc(CNC(=O)[C@@H]2CNCCN2C(=O)C(CCc2ccccc2)NC(=O)OC(C)(C)C)cc1. The van der Waals surface area contributed by atoms with Crippen molar-refractivity contribution in [1.82, 2.24) is 26.2 Å². The van der Waals surface area contributed by atoms with Gasteiger partial charge in [-0.1, -0.05) is 54.6 Å². The summed E-state index contributed by atoms with van der Waals surface area (Å²) in [6.45, 7) is 12.4. The monoisotopic (exact) mass is 609 g/mol. The Bertz CT molecular complexity index is 1250. The van der Waals surface area contributed by atoms with E-state index in [4.69, 9.17) is 9.47 Å². The minimum absolute atomic E-state index is 0.269. The number of piperazine rings is 1. The first-order valence-electron chi connectivity index (χ1n) is 15.1. The van der Waals surface area contributed by atoms with E-state index in [0.717, 1.165) is 16.7 Å². The Balaban J connectivity index is 1.61. The average Bonchev–Trinajstić information content (AvgIpc) is 2.96. The Labute approximate surface area is 260 Å². The van der Waals surface area contributed by atoms with Crippen molar-refractivity contribution in [3.8, 4) is 0 Å². The maximum Gasteiger partial charge on any atom is 0.408 e. The quantitative estimate of drug-likeness (QED) is 0.323. The van der Waals surface area contributed by atoms with Crippen molar-refractivity contribution >= 4 is 24.0 Å². The Morgan fingerprint density at radius 1 is 0.818 bits per heavy atom. The van der Waals surface area contributed by atoms with Gasteiger partial charge in [0, 0.05) is 32.7 Å². The van der Waals surface area contributed by atoms with E-state index in [1.807, 2.05) is 54.6 Å². The van der Waals surface area contributed by atoms with E-state index in [-0.39, 0.29) is 18.4 Å². The molecule has 2 atom stereocenters.